The number of fused-ring (bicyclic) bond motifs is 1. The second-order valence-electron chi connectivity index (χ2n) is 5.27. The molecule has 0 amide bonds. The third kappa shape index (κ3) is 3.18. The van der Waals surface area contributed by atoms with Crippen LogP contribution >= 0.6 is 23.2 Å². The molecule has 2 aromatic rings. The number of nitrogens with one attached hydrogen (secondary N) is 1. The van der Waals surface area contributed by atoms with Gasteiger partial charge in [0.1, 0.15) is 0 Å². The number of hydrogen-bond donors (Lipinski definition) is 1. The molecule has 0 aliphatic carbocycles. The second-order valence-corrected chi connectivity index (χ2v) is 6.08. The van der Waals surface area contributed by atoms with E-state index in [1.54, 1.807) is 0 Å². The van der Waals surface area contributed by atoms with Gasteiger partial charge >= 0.3 is 0 Å². The third-order valence-corrected chi connectivity index (χ3v) is 4.54. The van der Waals surface area contributed by atoms with Crippen LogP contribution in [-0.4, -0.2) is 13.2 Å². The van der Waals surface area contributed by atoms with Crippen molar-refractivity contribution < 1.29 is 4.74 Å². The summed E-state index contributed by atoms with van der Waals surface area (Å²) in [5.41, 5.74) is 4.44. The van der Waals surface area contributed by atoms with Crippen molar-refractivity contribution in [1.82, 2.24) is 0 Å². The number of aryl methyl sites for hydroxylation is 1. The van der Waals surface area contributed by atoms with Crippen LogP contribution in [0.1, 0.15) is 22.8 Å². The molecule has 1 aliphatic rings. The lowest BCUT2D eigenvalue weighted by atomic mass is 9.97. The summed E-state index contributed by atoms with van der Waals surface area (Å²) in [6, 6.07) is 12.2. The molecule has 0 radical (unpaired) electrons. The topological polar surface area (TPSA) is 21.3 Å². The van der Waals surface area contributed by atoms with Gasteiger partial charge in [-0.2, -0.15) is 0 Å². The minimum Gasteiger partial charge on any atom is -0.381 e. The standard InChI is InChI=1S/C17H17Cl2NO/c1-11-8-15(19)16(9-14(11)18)20-10-17-13-5-3-2-4-12(13)6-7-21-17/h2-5,8-9,17,20H,6-7,10H2,1H3. The summed E-state index contributed by atoms with van der Waals surface area (Å²) in [6.07, 6.45) is 1.02. The molecule has 0 aromatic heterocycles. The number of anilines is 1. The zero-order valence-electron chi connectivity index (χ0n) is 11.8. The van der Waals surface area contributed by atoms with E-state index in [0.717, 1.165) is 24.3 Å². The van der Waals surface area contributed by atoms with Gasteiger partial charge in [-0.1, -0.05) is 47.5 Å². The first-order valence-electron chi connectivity index (χ1n) is 7.04. The third-order valence-electron chi connectivity index (χ3n) is 3.82. The van der Waals surface area contributed by atoms with E-state index in [9.17, 15) is 0 Å². The Morgan fingerprint density at radius 1 is 1.19 bits per heavy atom. The molecule has 1 atom stereocenters. The number of hydrogen-bond acceptors (Lipinski definition) is 2. The van der Waals surface area contributed by atoms with E-state index in [1.807, 2.05) is 19.1 Å². The van der Waals surface area contributed by atoms with Gasteiger partial charge in [-0.3, -0.25) is 0 Å². The molecule has 0 bridgehead atoms. The van der Waals surface area contributed by atoms with Crippen LogP contribution in [0.2, 0.25) is 10.0 Å². The summed E-state index contributed by atoms with van der Waals surface area (Å²) in [4.78, 5) is 0. The lowest BCUT2D eigenvalue weighted by Gasteiger charge is -2.26. The summed E-state index contributed by atoms with van der Waals surface area (Å²) >= 11 is 12.4. The minimum absolute atomic E-state index is 0.0473. The molecule has 2 nitrogen and oxygen atoms in total. The zero-order valence-corrected chi connectivity index (χ0v) is 13.3. The fraction of sp³-hybridized carbons (Fsp3) is 0.294. The van der Waals surface area contributed by atoms with Gasteiger partial charge in [0.05, 0.1) is 23.4 Å². The Labute approximate surface area is 135 Å². The molecule has 21 heavy (non-hydrogen) atoms. The molecule has 1 unspecified atom stereocenters. The van der Waals surface area contributed by atoms with Crippen LogP contribution in [0.5, 0.6) is 0 Å². The first-order valence-corrected chi connectivity index (χ1v) is 7.79. The average Bonchev–Trinajstić information content (AvgIpc) is 2.49. The van der Waals surface area contributed by atoms with Gasteiger partial charge in [0.25, 0.3) is 0 Å². The molecule has 0 spiro atoms. The predicted molar refractivity (Wildman–Crippen MR) is 88.5 cm³/mol. The Bertz CT molecular complexity index is 657. The lowest BCUT2D eigenvalue weighted by molar-refractivity contribution is 0.0513. The van der Waals surface area contributed by atoms with Crippen molar-refractivity contribution in [2.24, 2.45) is 0 Å². The molecule has 1 heterocycles. The van der Waals surface area contributed by atoms with Crippen LogP contribution in [0.25, 0.3) is 0 Å². The summed E-state index contributed by atoms with van der Waals surface area (Å²) < 4.78 is 5.88. The smallest absolute Gasteiger partial charge is 0.0999 e. The largest absolute Gasteiger partial charge is 0.381 e. The molecular weight excluding hydrogens is 305 g/mol. The average molecular weight is 322 g/mol. The summed E-state index contributed by atoms with van der Waals surface area (Å²) in [5.74, 6) is 0. The maximum absolute atomic E-state index is 6.26. The number of rotatable bonds is 3. The Morgan fingerprint density at radius 2 is 2.00 bits per heavy atom. The molecule has 0 saturated carbocycles. The fourth-order valence-corrected chi connectivity index (χ4v) is 3.08. The van der Waals surface area contributed by atoms with E-state index in [2.05, 4.69) is 29.6 Å². The highest BCUT2D eigenvalue weighted by molar-refractivity contribution is 6.35. The van der Waals surface area contributed by atoms with Gasteiger partial charge in [0, 0.05) is 11.6 Å². The number of ether oxygens (including phenoxy) is 1. The van der Waals surface area contributed by atoms with Crippen molar-refractivity contribution in [1.29, 1.82) is 0 Å². The van der Waals surface area contributed by atoms with Crippen LogP contribution in [0, 0.1) is 6.92 Å². The van der Waals surface area contributed by atoms with Gasteiger partial charge < -0.3 is 10.1 Å². The monoisotopic (exact) mass is 321 g/mol. The minimum atomic E-state index is 0.0473. The molecule has 1 N–H and O–H groups in total. The van der Waals surface area contributed by atoms with Crippen molar-refractivity contribution >= 4 is 28.9 Å². The normalized spacial score (nSPS) is 17.4. The Hall–Kier alpha value is -1.22. The molecule has 0 fully saturated rings. The van der Waals surface area contributed by atoms with Crippen molar-refractivity contribution in [3.63, 3.8) is 0 Å². The zero-order chi connectivity index (χ0) is 14.8. The molecule has 2 aromatic carbocycles. The molecule has 0 saturated heterocycles. The van der Waals surface area contributed by atoms with E-state index in [0.29, 0.717) is 16.6 Å². The maximum atomic E-state index is 6.26. The fourth-order valence-electron chi connectivity index (χ4n) is 2.63. The van der Waals surface area contributed by atoms with Crippen molar-refractivity contribution in [3.8, 4) is 0 Å². The number of halogens is 2. The quantitative estimate of drug-likeness (QED) is 0.856. The first-order chi connectivity index (χ1) is 10.1. The van der Waals surface area contributed by atoms with Crippen molar-refractivity contribution in [3.05, 3.63) is 63.1 Å². The highest BCUT2D eigenvalue weighted by Gasteiger charge is 2.20. The predicted octanol–water partition coefficient (Wildman–Crippen LogP) is 5.03. The highest BCUT2D eigenvalue weighted by Crippen LogP contribution is 2.31. The van der Waals surface area contributed by atoms with Gasteiger partial charge in [0.2, 0.25) is 0 Å². The summed E-state index contributed by atoms with van der Waals surface area (Å²) in [6.45, 7) is 3.38. The molecule has 1 aliphatic heterocycles. The SMILES string of the molecule is Cc1cc(Cl)c(NCC2OCCc3ccccc32)cc1Cl. The lowest BCUT2D eigenvalue weighted by Crippen LogP contribution is -2.22. The van der Waals surface area contributed by atoms with Crippen LogP contribution in [-0.2, 0) is 11.2 Å². The Kier molecular flexibility index (Phi) is 4.39. The van der Waals surface area contributed by atoms with E-state index in [1.165, 1.54) is 11.1 Å². The summed E-state index contributed by atoms with van der Waals surface area (Å²) in [7, 11) is 0. The molecule has 110 valence electrons. The Balaban J connectivity index is 1.76. The van der Waals surface area contributed by atoms with E-state index in [-0.39, 0.29) is 6.10 Å². The van der Waals surface area contributed by atoms with Crippen molar-refractivity contribution in [2.45, 2.75) is 19.4 Å². The van der Waals surface area contributed by atoms with E-state index in [4.69, 9.17) is 27.9 Å². The molecule has 4 heteroatoms. The van der Waals surface area contributed by atoms with Crippen LogP contribution in [0.15, 0.2) is 36.4 Å². The van der Waals surface area contributed by atoms with E-state index < -0.39 is 0 Å². The van der Waals surface area contributed by atoms with E-state index >= 15 is 0 Å². The van der Waals surface area contributed by atoms with Gasteiger partial charge in [-0.15, -0.1) is 0 Å². The van der Waals surface area contributed by atoms with Gasteiger partial charge in [-0.25, -0.2) is 0 Å². The van der Waals surface area contributed by atoms with Gasteiger partial charge in [0.15, 0.2) is 0 Å². The molecular formula is C17H17Cl2NO. The number of benzene rings is 2. The second kappa shape index (κ2) is 6.27. The molecule has 3 rings (SSSR count). The van der Waals surface area contributed by atoms with Crippen molar-refractivity contribution in [2.75, 3.05) is 18.5 Å². The first kappa shape index (κ1) is 14.7. The maximum Gasteiger partial charge on any atom is 0.0999 e. The van der Waals surface area contributed by atoms with Gasteiger partial charge in [-0.05, 0) is 42.2 Å². The van der Waals surface area contributed by atoms with Crippen LogP contribution < -0.4 is 5.32 Å². The van der Waals surface area contributed by atoms with Crippen LogP contribution in [0.4, 0.5) is 5.69 Å². The Morgan fingerprint density at radius 3 is 2.86 bits per heavy atom. The van der Waals surface area contributed by atoms with Crippen LogP contribution in [0.3, 0.4) is 0 Å². The summed E-state index contributed by atoms with van der Waals surface area (Å²) in [5, 5.41) is 4.75. The highest BCUT2D eigenvalue weighted by atomic mass is 35.5.